The van der Waals surface area contributed by atoms with Crippen molar-refractivity contribution < 1.29 is 24.5 Å². The summed E-state index contributed by atoms with van der Waals surface area (Å²) in [6.07, 6.45) is -2.61. The number of fused-ring (bicyclic) bond motifs is 1. The third-order valence-corrected chi connectivity index (χ3v) is 3.76. The van der Waals surface area contributed by atoms with Gasteiger partial charge >= 0.3 is 0 Å². The molecule has 3 rings (SSSR count). The van der Waals surface area contributed by atoms with Gasteiger partial charge in [-0.25, -0.2) is 0 Å². The molecule has 4 atom stereocenters. The Bertz CT molecular complexity index is 480. The molecule has 0 aromatic heterocycles. The van der Waals surface area contributed by atoms with Gasteiger partial charge in [-0.1, -0.05) is 30.3 Å². The van der Waals surface area contributed by atoms with Crippen molar-refractivity contribution in [3.63, 3.8) is 0 Å². The third-order valence-electron chi connectivity index (χ3n) is 3.76. The number of hydrogen-bond donors (Lipinski definition) is 2. The standard InChI is InChI=1S/C15H21NO5/c1-15(2)20-11-9-19-14(12(17)13(11)21-15)16(18)8-10-6-4-3-5-7-10/h3-7,11-14,17-18H,8-9H2,1-2H3/t11-,12+,13-,14?/m1/s1. The number of benzene rings is 1. The normalized spacial score (nSPS) is 34.9. The van der Waals surface area contributed by atoms with E-state index in [2.05, 4.69) is 0 Å². The Hall–Kier alpha value is -1.02. The largest absolute Gasteiger partial charge is 0.386 e. The number of nitrogens with zero attached hydrogens (tertiary/aromatic N) is 1. The minimum Gasteiger partial charge on any atom is -0.386 e. The maximum Gasteiger partial charge on any atom is 0.164 e. The molecule has 1 aromatic rings. The average molecular weight is 295 g/mol. The van der Waals surface area contributed by atoms with Crippen molar-refractivity contribution in [2.24, 2.45) is 0 Å². The summed E-state index contributed by atoms with van der Waals surface area (Å²) in [5, 5.41) is 21.6. The second-order valence-corrected chi connectivity index (χ2v) is 5.94. The highest BCUT2D eigenvalue weighted by atomic mass is 16.8. The fourth-order valence-electron chi connectivity index (χ4n) is 2.86. The second-order valence-electron chi connectivity index (χ2n) is 5.94. The van der Waals surface area contributed by atoms with Gasteiger partial charge in [0.25, 0.3) is 0 Å². The highest BCUT2D eigenvalue weighted by Crippen LogP contribution is 2.35. The van der Waals surface area contributed by atoms with Gasteiger partial charge in [0.05, 0.1) is 13.2 Å². The van der Waals surface area contributed by atoms with Crippen molar-refractivity contribution in [2.45, 2.75) is 50.7 Å². The van der Waals surface area contributed by atoms with E-state index in [1.54, 1.807) is 13.8 Å². The SMILES string of the molecule is CC1(C)O[C@H]2[C@H](O)C(N(O)Cc3ccccc3)OC[C@H]2O1. The molecular weight excluding hydrogens is 274 g/mol. The molecule has 2 N–H and O–H groups in total. The van der Waals surface area contributed by atoms with Crippen molar-refractivity contribution in [3.8, 4) is 0 Å². The lowest BCUT2D eigenvalue weighted by Crippen LogP contribution is -2.57. The molecule has 2 saturated heterocycles. The Morgan fingerprint density at radius 3 is 2.67 bits per heavy atom. The summed E-state index contributed by atoms with van der Waals surface area (Å²) < 4.78 is 16.9. The van der Waals surface area contributed by atoms with Gasteiger partial charge in [0.15, 0.2) is 12.0 Å². The molecule has 2 aliphatic heterocycles. The number of ether oxygens (including phenoxy) is 3. The molecule has 0 aliphatic carbocycles. The van der Waals surface area contributed by atoms with Gasteiger partial charge in [0.2, 0.25) is 0 Å². The number of aliphatic hydroxyl groups excluding tert-OH is 1. The minimum absolute atomic E-state index is 0.268. The summed E-state index contributed by atoms with van der Waals surface area (Å²) in [6.45, 7) is 4.15. The van der Waals surface area contributed by atoms with Crippen LogP contribution in [-0.2, 0) is 20.8 Å². The lowest BCUT2D eigenvalue weighted by Gasteiger charge is -2.38. The van der Waals surface area contributed by atoms with Gasteiger partial charge in [-0.2, -0.15) is 5.06 Å². The summed E-state index contributed by atoms with van der Waals surface area (Å²) in [4.78, 5) is 0. The van der Waals surface area contributed by atoms with Crippen molar-refractivity contribution in [1.82, 2.24) is 5.06 Å². The van der Waals surface area contributed by atoms with Crippen molar-refractivity contribution in [2.75, 3.05) is 6.61 Å². The Morgan fingerprint density at radius 1 is 1.24 bits per heavy atom. The quantitative estimate of drug-likeness (QED) is 0.814. The Kier molecular flexibility index (Phi) is 4.00. The maximum absolute atomic E-state index is 10.4. The number of hydroxylamine groups is 2. The van der Waals surface area contributed by atoms with Crippen LogP contribution in [0.25, 0.3) is 0 Å². The van der Waals surface area contributed by atoms with Gasteiger partial charge in [-0.3, -0.25) is 0 Å². The first kappa shape index (κ1) is 14.9. The fraction of sp³-hybridized carbons (Fsp3) is 0.600. The van der Waals surface area contributed by atoms with Crippen LogP contribution in [0.3, 0.4) is 0 Å². The van der Waals surface area contributed by atoms with Crippen LogP contribution in [0.5, 0.6) is 0 Å². The van der Waals surface area contributed by atoms with Crippen molar-refractivity contribution in [1.29, 1.82) is 0 Å². The molecule has 0 spiro atoms. The lowest BCUT2D eigenvalue weighted by atomic mass is 10.0. The summed E-state index contributed by atoms with van der Waals surface area (Å²) in [5.74, 6) is -0.742. The molecule has 21 heavy (non-hydrogen) atoms. The molecule has 0 bridgehead atoms. The van der Waals surface area contributed by atoms with E-state index in [1.807, 2.05) is 30.3 Å². The molecule has 0 radical (unpaired) electrons. The van der Waals surface area contributed by atoms with Crippen LogP contribution in [0.1, 0.15) is 19.4 Å². The molecule has 2 aliphatic rings. The van der Waals surface area contributed by atoms with Crippen molar-refractivity contribution in [3.05, 3.63) is 35.9 Å². The highest BCUT2D eigenvalue weighted by molar-refractivity contribution is 5.14. The van der Waals surface area contributed by atoms with Crippen LogP contribution in [0.2, 0.25) is 0 Å². The average Bonchev–Trinajstić information content (AvgIpc) is 2.75. The van der Waals surface area contributed by atoms with E-state index in [4.69, 9.17) is 14.2 Å². The monoisotopic (exact) mass is 295 g/mol. The summed E-state index contributed by atoms with van der Waals surface area (Å²) >= 11 is 0. The van der Waals surface area contributed by atoms with Gasteiger partial charge in [-0.15, -0.1) is 0 Å². The summed E-state index contributed by atoms with van der Waals surface area (Å²) in [7, 11) is 0. The molecular formula is C15H21NO5. The zero-order valence-corrected chi connectivity index (χ0v) is 12.2. The molecule has 6 nitrogen and oxygen atoms in total. The number of rotatable bonds is 3. The van der Waals surface area contributed by atoms with Gasteiger partial charge in [-0.05, 0) is 19.4 Å². The molecule has 0 saturated carbocycles. The summed E-state index contributed by atoms with van der Waals surface area (Å²) in [5.41, 5.74) is 0.932. The lowest BCUT2D eigenvalue weighted by molar-refractivity contribution is -0.287. The Morgan fingerprint density at radius 2 is 1.95 bits per heavy atom. The molecule has 0 amide bonds. The molecule has 116 valence electrons. The highest BCUT2D eigenvalue weighted by Gasteiger charge is 2.51. The predicted octanol–water partition coefficient (Wildman–Crippen LogP) is 1.12. The fourth-order valence-corrected chi connectivity index (χ4v) is 2.86. The molecule has 6 heteroatoms. The number of aliphatic hydroxyl groups is 1. The first-order valence-corrected chi connectivity index (χ1v) is 7.11. The smallest absolute Gasteiger partial charge is 0.164 e. The topological polar surface area (TPSA) is 71.4 Å². The van der Waals surface area contributed by atoms with Crippen molar-refractivity contribution >= 4 is 0 Å². The first-order chi connectivity index (χ1) is 9.96. The molecule has 2 fully saturated rings. The van der Waals surface area contributed by atoms with E-state index in [0.29, 0.717) is 0 Å². The van der Waals surface area contributed by atoms with Gasteiger partial charge < -0.3 is 24.5 Å². The van der Waals surface area contributed by atoms with E-state index in [-0.39, 0.29) is 19.3 Å². The predicted molar refractivity (Wildman–Crippen MR) is 73.3 cm³/mol. The van der Waals surface area contributed by atoms with Crippen LogP contribution < -0.4 is 0 Å². The number of hydrogen-bond acceptors (Lipinski definition) is 6. The molecule has 1 unspecified atom stereocenters. The maximum atomic E-state index is 10.4. The van der Waals surface area contributed by atoms with E-state index >= 15 is 0 Å². The molecule has 1 aromatic carbocycles. The second kappa shape index (κ2) is 5.64. The zero-order valence-electron chi connectivity index (χ0n) is 12.2. The van der Waals surface area contributed by atoms with E-state index in [1.165, 1.54) is 0 Å². The first-order valence-electron chi connectivity index (χ1n) is 7.11. The van der Waals surface area contributed by atoms with Crippen LogP contribution in [-0.4, -0.2) is 52.3 Å². The van der Waals surface area contributed by atoms with Crippen LogP contribution in [0.15, 0.2) is 30.3 Å². The Labute approximate surface area is 123 Å². The van der Waals surface area contributed by atoms with E-state index in [9.17, 15) is 10.3 Å². The van der Waals surface area contributed by atoms with Gasteiger partial charge in [0, 0.05) is 0 Å². The van der Waals surface area contributed by atoms with Crippen LogP contribution >= 0.6 is 0 Å². The van der Waals surface area contributed by atoms with Crippen LogP contribution in [0, 0.1) is 0 Å². The Balaban J connectivity index is 1.66. The summed E-state index contributed by atoms with van der Waals surface area (Å²) in [6, 6.07) is 9.51. The van der Waals surface area contributed by atoms with Crippen LogP contribution in [0.4, 0.5) is 0 Å². The van der Waals surface area contributed by atoms with E-state index in [0.717, 1.165) is 10.6 Å². The van der Waals surface area contributed by atoms with Gasteiger partial charge in [0.1, 0.15) is 18.3 Å². The van der Waals surface area contributed by atoms with E-state index < -0.39 is 24.2 Å². The zero-order chi connectivity index (χ0) is 15.0. The minimum atomic E-state index is -0.973. The third kappa shape index (κ3) is 3.11. The molecule has 2 heterocycles.